The van der Waals surface area contributed by atoms with Gasteiger partial charge in [0.05, 0.1) is 33.9 Å². The predicted octanol–water partition coefficient (Wildman–Crippen LogP) is 7.97. The summed E-state index contributed by atoms with van der Waals surface area (Å²) in [5.41, 5.74) is 4.44. The molecule has 0 atom stereocenters. The van der Waals surface area contributed by atoms with Gasteiger partial charge in [-0.3, -0.25) is 9.98 Å². The maximum atomic E-state index is 11.2. The largest absolute Gasteiger partial charge is 2.00 e. The van der Waals surface area contributed by atoms with Gasteiger partial charge in [-0.05, 0) is 79.6 Å². The molecule has 11 heteroatoms. The number of hydrogen-bond donors (Lipinski definition) is 4. The third kappa shape index (κ3) is 13.0. The SMILES string of the molecule is CCCCCC(=Nc1ccccc1)C(CC)=Nc1ccccc1.CCc1ccc(O)c([O-])c1C(=O)O.CCc1ccc(O)c([O-])c1C(=O)O.[Ni+2]. The summed E-state index contributed by atoms with van der Waals surface area (Å²) in [6, 6.07) is 25.7. The van der Waals surface area contributed by atoms with Gasteiger partial charge >= 0.3 is 28.4 Å². The Balaban J connectivity index is 0.000000398. The Bertz CT molecular complexity index is 1660. The van der Waals surface area contributed by atoms with Crippen LogP contribution in [0.4, 0.5) is 11.4 Å². The molecule has 0 spiro atoms. The fraction of sp³-hybridized carbons (Fsp3) is 0.282. The van der Waals surface area contributed by atoms with Crippen molar-refractivity contribution in [2.24, 2.45) is 9.98 Å². The van der Waals surface area contributed by atoms with Gasteiger partial charge in [-0.15, -0.1) is 0 Å². The summed E-state index contributed by atoms with van der Waals surface area (Å²) in [6.07, 6.45) is 6.41. The topological polar surface area (TPSA) is 186 Å². The number of carbonyl (C=O) groups is 2. The molecule has 0 unspecified atom stereocenters. The number of aromatic hydroxyl groups is 2. The molecule has 4 rings (SSSR count). The van der Waals surface area contributed by atoms with E-state index in [1.165, 1.54) is 37.1 Å². The molecular formula is C39H44N2NiO8. The maximum Gasteiger partial charge on any atom is 2.00 e. The maximum absolute atomic E-state index is 11.2. The normalized spacial score (nSPS) is 10.9. The second kappa shape index (κ2) is 22.5. The molecule has 0 heterocycles. The molecular weight excluding hydrogens is 683 g/mol. The second-order valence-corrected chi connectivity index (χ2v) is 10.8. The van der Waals surface area contributed by atoms with Crippen molar-refractivity contribution in [2.75, 3.05) is 0 Å². The number of aryl methyl sites for hydroxylation is 2. The number of rotatable bonds is 12. The number of phenolic OH excluding ortho intramolecular Hbond substituents is 2. The first kappa shape index (κ1) is 42.9. The molecule has 4 N–H and O–H groups in total. The van der Waals surface area contributed by atoms with Crippen LogP contribution in [0.5, 0.6) is 23.0 Å². The Hall–Kier alpha value is -5.15. The molecule has 0 saturated heterocycles. The molecule has 0 aliphatic carbocycles. The van der Waals surface area contributed by atoms with Gasteiger partial charge in [0, 0.05) is 0 Å². The zero-order valence-electron chi connectivity index (χ0n) is 28.7. The van der Waals surface area contributed by atoms with E-state index in [1.54, 1.807) is 13.8 Å². The van der Waals surface area contributed by atoms with Crippen molar-refractivity contribution in [3.05, 3.63) is 107 Å². The van der Waals surface area contributed by atoms with E-state index >= 15 is 0 Å². The summed E-state index contributed by atoms with van der Waals surface area (Å²) < 4.78 is 0. The Morgan fingerprint density at radius 3 is 1.34 bits per heavy atom. The summed E-state index contributed by atoms with van der Waals surface area (Å²) in [5, 5.41) is 57.7. The molecule has 10 nitrogen and oxygen atoms in total. The first-order valence-corrected chi connectivity index (χ1v) is 16.2. The van der Waals surface area contributed by atoms with Crippen molar-refractivity contribution in [2.45, 2.75) is 72.6 Å². The molecule has 0 fully saturated rings. The molecule has 4 aromatic carbocycles. The Morgan fingerprint density at radius 2 is 1.00 bits per heavy atom. The number of aliphatic imine (C=N–C) groups is 2. The summed E-state index contributed by atoms with van der Waals surface area (Å²) in [7, 11) is 0. The minimum atomic E-state index is -1.29. The summed E-state index contributed by atoms with van der Waals surface area (Å²) >= 11 is 0. The van der Waals surface area contributed by atoms with Crippen molar-refractivity contribution in [1.82, 2.24) is 0 Å². The smallest absolute Gasteiger partial charge is 0.869 e. The summed E-state index contributed by atoms with van der Waals surface area (Å²) in [6.45, 7) is 7.88. The van der Waals surface area contributed by atoms with E-state index in [2.05, 4.69) is 26.0 Å². The van der Waals surface area contributed by atoms with Crippen LogP contribution in [-0.4, -0.2) is 43.8 Å². The van der Waals surface area contributed by atoms with E-state index in [-0.39, 0.29) is 27.6 Å². The number of carboxylic acid groups (broad SMARTS) is 2. The number of benzene rings is 4. The quantitative estimate of drug-likeness (QED) is 0.0643. The first-order valence-electron chi connectivity index (χ1n) is 16.2. The molecule has 0 radical (unpaired) electrons. The fourth-order valence-electron chi connectivity index (χ4n) is 4.75. The predicted molar refractivity (Wildman–Crippen MR) is 189 cm³/mol. The van der Waals surface area contributed by atoms with E-state index in [0.29, 0.717) is 24.0 Å². The van der Waals surface area contributed by atoms with E-state index in [1.807, 2.05) is 48.5 Å². The zero-order chi connectivity index (χ0) is 36.3. The van der Waals surface area contributed by atoms with Crippen molar-refractivity contribution in [3.63, 3.8) is 0 Å². The van der Waals surface area contributed by atoms with Crippen molar-refractivity contribution in [3.8, 4) is 23.0 Å². The van der Waals surface area contributed by atoms with Crippen molar-refractivity contribution >= 4 is 34.7 Å². The van der Waals surface area contributed by atoms with Crippen molar-refractivity contribution < 1.29 is 56.7 Å². The number of aromatic carboxylic acids is 2. The minimum absolute atomic E-state index is 0. The first-order chi connectivity index (χ1) is 23.5. The summed E-state index contributed by atoms with van der Waals surface area (Å²) in [4.78, 5) is 31.0. The third-order valence-electron chi connectivity index (χ3n) is 7.36. The Morgan fingerprint density at radius 1 is 0.600 bits per heavy atom. The van der Waals surface area contributed by atoms with E-state index < -0.39 is 34.9 Å². The van der Waals surface area contributed by atoms with Crippen LogP contribution in [0.2, 0.25) is 0 Å². The average Bonchev–Trinajstić information content (AvgIpc) is 3.10. The molecule has 0 amide bonds. The van der Waals surface area contributed by atoms with Gasteiger partial charge in [0.2, 0.25) is 0 Å². The van der Waals surface area contributed by atoms with E-state index in [4.69, 9.17) is 30.4 Å². The van der Waals surface area contributed by atoms with Gasteiger partial charge in [-0.1, -0.05) is 101 Å². The number of nitrogens with zero attached hydrogens (tertiary/aromatic N) is 2. The molecule has 4 aromatic rings. The Labute approximate surface area is 303 Å². The van der Waals surface area contributed by atoms with Gasteiger partial charge in [-0.25, -0.2) is 9.59 Å². The molecule has 0 aromatic heterocycles. The molecule has 50 heavy (non-hydrogen) atoms. The summed E-state index contributed by atoms with van der Waals surface area (Å²) in [5.74, 6) is -5.25. The standard InChI is InChI=1S/C21H26N2.2C9H10O4.Ni/c1-3-5-8-17-21(23-19-15-11-7-12-16-19)20(4-2)22-18-13-9-6-10-14-18;2*1-2-5-3-4-6(10)8(11)7(5)9(12)13;/h6-7,9-16H,3-5,8,17H2,1-2H3;2*3-4,10-11H,2H2,1H3,(H,12,13);/q;;;+2/p-2. The van der Waals surface area contributed by atoms with Crippen LogP contribution < -0.4 is 10.2 Å². The van der Waals surface area contributed by atoms with Gasteiger partial charge in [0.1, 0.15) is 11.5 Å². The second-order valence-electron chi connectivity index (χ2n) is 10.8. The number of phenols is 2. The van der Waals surface area contributed by atoms with Crippen LogP contribution in [0.3, 0.4) is 0 Å². The monoisotopic (exact) mass is 726 g/mol. The van der Waals surface area contributed by atoms with E-state index in [9.17, 15) is 19.8 Å². The minimum Gasteiger partial charge on any atom is -0.869 e. The number of unbranched alkanes of at least 4 members (excludes halogenated alkanes) is 2. The van der Waals surface area contributed by atoms with Gasteiger partial charge in [-0.2, -0.15) is 0 Å². The van der Waals surface area contributed by atoms with Crippen LogP contribution in [0, 0.1) is 0 Å². The zero-order valence-corrected chi connectivity index (χ0v) is 29.7. The average molecular weight is 727 g/mol. The number of hydrogen-bond acceptors (Lipinski definition) is 8. The molecule has 0 saturated carbocycles. The fourth-order valence-corrected chi connectivity index (χ4v) is 4.75. The Kier molecular flexibility index (Phi) is 19.3. The molecule has 0 aliphatic rings. The number of carboxylic acids is 2. The van der Waals surface area contributed by atoms with Crippen molar-refractivity contribution in [1.29, 1.82) is 0 Å². The van der Waals surface area contributed by atoms with Crippen LogP contribution in [0.15, 0.2) is 94.9 Å². The van der Waals surface area contributed by atoms with Gasteiger partial charge in [0.25, 0.3) is 0 Å². The molecule has 0 bridgehead atoms. The molecule has 268 valence electrons. The molecule has 0 aliphatic heterocycles. The van der Waals surface area contributed by atoms with Crippen LogP contribution in [0.1, 0.15) is 91.6 Å². The van der Waals surface area contributed by atoms with Gasteiger partial charge in [0.15, 0.2) is 0 Å². The van der Waals surface area contributed by atoms with Gasteiger partial charge < -0.3 is 30.6 Å². The third-order valence-corrected chi connectivity index (χ3v) is 7.36. The van der Waals surface area contributed by atoms with Crippen LogP contribution in [0.25, 0.3) is 0 Å². The van der Waals surface area contributed by atoms with E-state index in [0.717, 1.165) is 42.1 Å². The van der Waals surface area contributed by atoms with Crippen LogP contribution >= 0.6 is 0 Å². The number of para-hydroxylation sites is 2. The van der Waals surface area contributed by atoms with Crippen LogP contribution in [-0.2, 0) is 29.3 Å².